The summed E-state index contributed by atoms with van der Waals surface area (Å²) in [6.45, 7) is 0.370. The number of nitrogens with zero attached hydrogens (tertiary/aromatic N) is 7. The van der Waals surface area contributed by atoms with Gasteiger partial charge in [-0.2, -0.15) is 15.3 Å². The Morgan fingerprint density at radius 2 is 2.07 bits per heavy atom. The molecule has 0 bridgehead atoms. The highest BCUT2D eigenvalue weighted by Gasteiger charge is 2.19. The van der Waals surface area contributed by atoms with Gasteiger partial charge in [0.15, 0.2) is 5.65 Å². The van der Waals surface area contributed by atoms with E-state index >= 15 is 0 Å². The Morgan fingerprint density at radius 3 is 2.93 bits per heavy atom. The first kappa shape index (κ1) is 17.0. The highest BCUT2D eigenvalue weighted by Crippen LogP contribution is 2.31. The summed E-state index contributed by atoms with van der Waals surface area (Å²) in [5, 5.41) is 20.9. The molecule has 11 heteroatoms. The van der Waals surface area contributed by atoms with Crippen LogP contribution in [-0.2, 0) is 20.0 Å². The lowest BCUT2D eigenvalue weighted by Gasteiger charge is -2.07. The van der Waals surface area contributed by atoms with Crippen molar-refractivity contribution in [2.24, 2.45) is 7.05 Å². The first-order valence-electron chi connectivity index (χ1n) is 9.28. The van der Waals surface area contributed by atoms with Gasteiger partial charge in [-0.1, -0.05) is 12.1 Å². The number of aromatic amines is 2. The highest BCUT2D eigenvalue weighted by atomic mass is 32.1. The van der Waals surface area contributed by atoms with Crippen LogP contribution in [0.5, 0.6) is 0 Å². The van der Waals surface area contributed by atoms with Crippen molar-refractivity contribution in [3.05, 3.63) is 63.7 Å². The van der Waals surface area contributed by atoms with Gasteiger partial charge >= 0.3 is 0 Å². The standard InChI is InChI=1S/C19H15N9OS/c1-27-16-12(17-18(27)24-15(30-17)5-14-20-9-22-26-14)7-23-28(19(16)29)8-10-3-2-4-13-11(10)6-21-25-13/h2-4,6-7,9H,5,8H2,1H3,(H,21,25)(H,20,22,26). The zero-order valence-corrected chi connectivity index (χ0v) is 16.6. The minimum absolute atomic E-state index is 0.141. The lowest BCUT2D eigenvalue weighted by Crippen LogP contribution is -2.24. The molecule has 0 aliphatic rings. The van der Waals surface area contributed by atoms with E-state index in [1.54, 1.807) is 23.7 Å². The van der Waals surface area contributed by atoms with Crippen molar-refractivity contribution in [2.75, 3.05) is 0 Å². The summed E-state index contributed by atoms with van der Waals surface area (Å²) in [6, 6.07) is 5.88. The summed E-state index contributed by atoms with van der Waals surface area (Å²) in [5.74, 6) is 0.757. The predicted molar refractivity (Wildman–Crippen MR) is 113 cm³/mol. The van der Waals surface area contributed by atoms with Crippen molar-refractivity contribution in [2.45, 2.75) is 13.0 Å². The van der Waals surface area contributed by atoms with Gasteiger partial charge in [-0.3, -0.25) is 15.0 Å². The first-order chi connectivity index (χ1) is 14.7. The van der Waals surface area contributed by atoms with Crippen molar-refractivity contribution in [1.82, 2.24) is 44.7 Å². The largest absolute Gasteiger partial charge is 0.323 e. The molecule has 2 N–H and O–H groups in total. The second-order valence-electron chi connectivity index (χ2n) is 7.05. The molecule has 0 saturated carbocycles. The van der Waals surface area contributed by atoms with Gasteiger partial charge in [-0.25, -0.2) is 14.6 Å². The minimum atomic E-state index is -0.141. The Labute approximate surface area is 172 Å². The lowest BCUT2D eigenvalue weighted by molar-refractivity contribution is 0.647. The van der Waals surface area contributed by atoms with Crippen LogP contribution >= 0.6 is 11.3 Å². The molecule has 5 heterocycles. The van der Waals surface area contributed by atoms with Gasteiger partial charge in [0.2, 0.25) is 0 Å². The number of nitrogens with one attached hydrogen (secondary N) is 2. The Balaban J connectivity index is 1.45. The molecular weight excluding hydrogens is 402 g/mol. The summed E-state index contributed by atoms with van der Waals surface area (Å²) < 4.78 is 4.29. The number of benzene rings is 1. The van der Waals surface area contributed by atoms with Gasteiger partial charge in [0.1, 0.15) is 22.7 Å². The molecule has 6 rings (SSSR count). The summed E-state index contributed by atoms with van der Waals surface area (Å²) in [7, 11) is 1.87. The maximum atomic E-state index is 13.2. The number of rotatable bonds is 4. The summed E-state index contributed by atoms with van der Waals surface area (Å²) in [5.41, 5.74) is 3.16. The van der Waals surface area contributed by atoms with Crippen molar-refractivity contribution < 1.29 is 0 Å². The van der Waals surface area contributed by atoms with Gasteiger partial charge < -0.3 is 4.57 Å². The van der Waals surface area contributed by atoms with E-state index in [9.17, 15) is 4.79 Å². The average molecular weight is 417 g/mol. The number of hydrogen-bond donors (Lipinski definition) is 2. The van der Waals surface area contributed by atoms with Gasteiger partial charge in [-0.15, -0.1) is 11.3 Å². The molecule has 148 valence electrons. The molecule has 0 amide bonds. The number of thiazole rings is 1. The third-order valence-electron chi connectivity index (χ3n) is 5.25. The van der Waals surface area contributed by atoms with Gasteiger partial charge in [0.05, 0.1) is 35.6 Å². The van der Waals surface area contributed by atoms with E-state index in [0.29, 0.717) is 18.5 Å². The van der Waals surface area contributed by atoms with Crippen LogP contribution in [0.1, 0.15) is 16.4 Å². The quantitative estimate of drug-likeness (QED) is 0.452. The molecule has 0 aliphatic carbocycles. The Kier molecular flexibility index (Phi) is 3.59. The smallest absolute Gasteiger partial charge is 0.291 e. The average Bonchev–Trinajstić information content (AvgIpc) is 3.52. The molecule has 0 aliphatic heterocycles. The number of aromatic nitrogens is 9. The Hall–Kier alpha value is -3.86. The zero-order valence-electron chi connectivity index (χ0n) is 15.8. The summed E-state index contributed by atoms with van der Waals surface area (Å²) >= 11 is 1.55. The van der Waals surface area contributed by atoms with E-state index in [1.165, 1.54) is 11.0 Å². The van der Waals surface area contributed by atoms with Gasteiger partial charge in [0, 0.05) is 17.8 Å². The third-order valence-corrected chi connectivity index (χ3v) is 6.33. The fourth-order valence-corrected chi connectivity index (χ4v) is 4.92. The van der Waals surface area contributed by atoms with Crippen LogP contribution in [0, 0.1) is 0 Å². The normalized spacial score (nSPS) is 11.9. The Bertz CT molecular complexity index is 1590. The van der Waals surface area contributed by atoms with E-state index in [1.807, 2.05) is 29.8 Å². The molecule has 10 nitrogen and oxygen atoms in total. The molecule has 1 aromatic carbocycles. The third kappa shape index (κ3) is 2.48. The maximum Gasteiger partial charge on any atom is 0.291 e. The van der Waals surface area contributed by atoms with Crippen LogP contribution < -0.4 is 5.56 Å². The van der Waals surface area contributed by atoms with Crippen molar-refractivity contribution >= 4 is 43.5 Å². The summed E-state index contributed by atoms with van der Waals surface area (Å²) in [4.78, 5) is 22.1. The minimum Gasteiger partial charge on any atom is -0.323 e. The molecule has 0 atom stereocenters. The van der Waals surface area contributed by atoms with Crippen LogP contribution in [0.25, 0.3) is 32.2 Å². The van der Waals surface area contributed by atoms with Crippen molar-refractivity contribution in [3.63, 3.8) is 0 Å². The van der Waals surface area contributed by atoms with Crippen LogP contribution in [0.15, 0.2) is 41.7 Å². The van der Waals surface area contributed by atoms with E-state index in [2.05, 4.69) is 30.5 Å². The van der Waals surface area contributed by atoms with E-state index in [4.69, 9.17) is 4.98 Å². The molecule has 0 saturated heterocycles. The number of fused-ring (bicyclic) bond motifs is 4. The van der Waals surface area contributed by atoms with Crippen molar-refractivity contribution in [3.8, 4) is 0 Å². The van der Waals surface area contributed by atoms with Crippen LogP contribution in [0.2, 0.25) is 0 Å². The van der Waals surface area contributed by atoms with E-state index in [-0.39, 0.29) is 5.56 Å². The van der Waals surface area contributed by atoms with Gasteiger partial charge in [0.25, 0.3) is 5.56 Å². The van der Waals surface area contributed by atoms with Crippen molar-refractivity contribution in [1.29, 1.82) is 0 Å². The number of hydrogen-bond acceptors (Lipinski definition) is 7. The van der Waals surface area contributed by atoms with Gasteiger partial charge in [-0.05, 0) is 11.6 Å². The number of H-pyrrole nitrogens is 2. The monoisotopic (exact) mass is 417 g/mol. The molecule has 0 fully saturated rings. The maximum absolute atomic E-state index is 13.2. The van der Waals surface area contributed by atoms with E-state index in [0.717, 1.165) is 43.0 Å². The topological polar surface area (TPSA) is 123 Å². The second-order valence-corrected chi connectivity index (χ2v) is 8.13. The molecular formula is C19H15N9OS. The van der Waals surface area contributed by atoms with E-state index < -0.39 is 0 Å². The fraction of sp³-hybridized carbons (Fsp3) is 0.158. The van der Waals surface area contributed by atoms with Crippen LogP contribution in [0.4, 0.5) is 0 Å². The molecule has 30 heavy (non-hydrogen) atoms. The second kappa shape index (κ2) is 6.32. The predicted octanol–water partition coefficient (Wildman–Crippen LogP) is 1.98. The number of aryl methyl sites for hydroxylation is 1. The van der Waals surface area contributed by atoms with Crippen LogP contribution in [-0.4, -0.2) is 44.7 Å². The summed E-state index contributed by atoms with van der Waals surface area (Å²) in [6.07, 6.45) is 5.58. The molecule has 6 aromatic rings. The fourth-order valence-electron chi connectivity index (χ4n) is 3.81. The highest BCUT2D eigenvalue weighted by molar-refractivity contribution is 7.19. The first-order valence-corrected chi connectivity index (χ1v) is 10.1. The van der Waals surface area contributed by atoms with Crippen LogP contribution in [0.3, 0.4) is 0 Å². The SMILES string of the molecule is Cn1c2nc(Cc3ncn[nH]3)sc2c2cnn(Cc3cccc4[nH]ncc34)c(=O)c21. The molecule has 0 radical (unpaired) electrons. The molecule has 0 spiro atoms. The Morgan fingerprint density at radius 1 is 1.13 bits per heavy atom. The molecule has 0 unspecified atom stereocenters. The zero-order chi connectivity index (χ0) is 20.2. The molecule has 5 aromatic heterocycles. The lowest BCUT2D eigenvalue weighted by atomic mass is 10.1.